The third-order valence-electron chi connectivity index (χ3n) is 5.38. The fraction of sp³-hybridized carbons (Fsp3) is 0.240. The number of benzene rings is 2. The van der Waals surface area contributed by atoms with Crippen LogP contribution in [-0.4, -0.2) is 32.8 Å². The molecule has 0 radical (unpaired) electrons. The van der Waals surface area contributed by atoms with Gasteiger partial charge in [-0.05, 0) is 35.9 Å². The molecular formula is C25H26FN2O3+. The van der Waals surface area contributed by atoms with Gasteiger partial charge in [-0.15, -0.1) is 0 Å². The van der Waals surface area contributed by atoms with Gasteiger partial charge in [0.25, 0.3) is 0 Å². The lowest BCUT2D eigenvalue weighted by atomic mass is 10.2. The van der Waals surface area contributed by atoms with Gasteiger partial charge in [-0.25, -0.2) is 4.39 Å². The molecule has 2 aromatic carbocycles. The molecule has 0 spiro atoms. The van der Waals surface area contributed by atoms with Crippen molar-refractivity contribution in [3.63, 3.8) is 0 Å². The Morgan fingerprint density at radius 3 is 2.52 bits per heavy atom. The Kier molecular flexibility index (Phi) is 6.79. The van der Waals surface area contributed by atoms with Crippen LogP contribution >= 0.6 is 0 Å². The summed E-state index contributed by atoms with van der Waals surface area (Å²) in [6.45, 7) is 4.55. The van der Waals surface area contributed by atoms with Gasteiger partial charge in [0, 0.05) is 11.8 Å². The topological polar surface area (TPSA) is 47.1 Å². The molecule has 1 aromatic heterocycles. The molecule has 3 aromatic rings. The van der Waals surface area contributed by atoms with Crippen molar-refractivity contribution in [2.24, 2.45) is 0 Å². The van der Waals surface area contributed by atoms with E-state index in [9.17, 15) is 9.18 Å². The largest absolute Gasteiger partial charge is 0.482 e. The number of halogens is 1. The number of piperazine rings is 1. The maximum Gasteiger partial charge on any atom is 0.227 e. The van der Waals surface area contributed by atoms with Crippen LogP contribution in [0.15, 0.2) is 82.2 Å². The Morgan fingerprint density at radius 1 is 1.06 bits per heavy atom. The van der Waals surface area contributed by atoms with E-state index in [0.29, 0.717) is 18.9 Å². The Bertz CT molecular complexity index is 1060. The predicted molar refractivity (Wildman–Crippen MR) is 119 cm³/mol. The molecule has 0 amide bonds. The Labute approximate surface area is 181 Å². The van der Waals surface area contributed by atoms with E-state index in [1.807, 2.05) is 54.6 Å². The SMILES string of the molecule is O=c1cc(C[NH+]2CCN(c3ccc(F)cc3)CC2)occ1OC/C=C/c1ccccc1. The number of quaternary nitrogens is 1. The summed E-state index contributed by atoms with van der Waals surface area (Å²) in [4.78, 5) is 16.0. The first kappa shape index (κ1) is 20.9. The third-order valence-corrected chi connectivity index (χ3v) is 5.38. The zero-order valence-electron chi connectivity index (χ0n) is 17.3. The van der Waals surface area contributed by atoms with Crippen molar-refractivity contribution in [3.8, 4) is 5.75 Å². The van der Waals surface area contributed by atoms with Crippen LogP contribution in [-0.2, 0) is 6.54 Å². The average molecular weight is 421 g/mol. The first-order chi connectivity index (χ1) is 15.2. The second-order valence-corrected chi connectivity index (χ2v) is 7.59. The van der Waals surface area contributed by atoms with E-state index < -0.39 is 0 Å². The second kappa shape index (κ2) is 10.1. The molecule has 0 atom stereocenters. The number of rotatable bonds is 7. The lowest BCUT2D eigenvalue weighted by Crippen LogP contribution is -3.13. The molecule has 1 aliphatic heterocycles. The molecule has 0 aliphatic carbocycles. The van der Waals surface area contributed by atoms with Gasteiger partial charge in [-0.2, -0.15) is 0 Å². The summed E-state index contributed by atoms with van der Waals surface area (Å²) in [5.74, 6) is 0.655. The summed E-state index contributed by atoms with van der Waals surface area (Å²) in [7, 11) is 0. The minimum absolute atomic E-state index is 0.168. The minimum Gasteiger partial charge on any atom is -0.482 e. The van der Waals surface area contributed by atoms with E-state index in [2.05, 4.69) is 4.90 Å². The predicted octanol–water partition coefficient (Wildman–Crippen LogP) is 2.78. The molecule has 6 heteroatoms. The van der Waals surface area contributed by atoms with Crippen LogP contribution in [0.3, 0.4) is 0 Å². The molecule has 31 heavy (non-hydrogen) atoms. The standard InChI is InChI=1S/C25H25FN2O3/c26-21-8-10-22(11-9-21)28-14-12-27(13-15-28)18-23-17-24(29)25(19-31-23)30-16-4-7-20-5-2-1-3-6-20/h1-11,17,19H,12-16,18H2/p+1/b7-4+. The summed E-state index contributed by atoms with van der Waals surface area (Å²) < 4.78 is 24.3. The summed E-state index contributed by atoms with van der Waals surface area (Å²) >= 11 is 0. The van der Waals surface area contributed by atoms with Gasteiger partial charge in [-0.3, -0.25) is 4.79 Å². The fourth-order valence-corrected chi connectivity index (χ4v) is 3.68. The molecule has 0 unspecified atom stereocenters. The fourth-order valence-electron chi connectivity index (χ4n) is 3.68. The molecule has 1 saturated heterocycles. The normalized spacial score (nSPS) is 14.8. The van der Waals surface area contributed by atoms with Gasteiger partial charge >= 0.3 is 0 Å². The van der Waals surface area contributed by atoms with Crippen molar-refractivity contribution in [1.82, 2.24) is 0 Å². The van der Waals surface area contributed by atoms with E-state index in [4.69, 9.17) is 9.15 Å². The quantitative estimate of drug-likeness (QED) is 0.637. The van der Waals surface area contributed by atoms with Crippen LogP contribution < -0.4 is 20.0 Å². The van der Waals surface area contributed by atoms with Gasteiger partial charge in [0.15, 0.2) is 5.76 Å². The first-order valence-corrected chi connectivity index (χ1v) is 10.5. The van der Waals surface area contributed by atoms with Gasteiger partial charge in [0.05, 0.1) is 26.2 Å². The molecule has 0 saturated carbocycles. The lowest BCUT2D eigenvalue weighted by Gasteiger charge is -2.33. The van der Waals surface area contributed by atoms with E-state index in [1.165, 1.54) is 29.4 Å². The number of hydrogen-bond acceptors (Lipinski definition) is 4. The van der Waals surface area contributed by atoms with Crippen LogP contribution in [0.4, 0.5) is 10.1 Å². The van der Waals surface area contributed by atoms with E-state index in [1.54, 1.807) is 0 Å². The van der Waals surface area contributed by atoms with Crippen LogP contribution in [0, 0.1) is 5.82 Å². The van der Waals surface area contributed by atoms with Crippen molar-refractivity contribution >= 4 is 11.8 Å². The Morgan fingerprint density at radius 2 is 1.81 bits per heavy atom. The van der Waals surface area contributed by atoms with Crippen LogP contribution in [0.2, 0.25) is 0 Å². The van der Waals surface area contributed by atoms with Crippen LogP contribution in [0.5, 0.6) is 5.75 Å². The van der Waals surface area contributed by atoms with E-state index in [-0.39, 0.29) is 17.0 Å². The van der Waals surface area contributed by atoms with Crippen molar-refractivity contribution < 1.29 is 18.4 Å². The van der Waals surface area contributed by atoms with E-state index >= 15 is 0 Å². The summed E-state index contributed by atoms with van der Waals surface area (Å²) in [5, 5.41) is 0. The Hall–Kier alpha value is -3.38. The van der Waals surface area contributed by atoms with Crippen molar-refractivity contribution in [1.29, 1.82) is 0 Å². The number of hydrogen-bond donors (Lipinski definition) is 1. The maximum atomic E-state index is 13.1. The molecule has 5 nitrogen and oxygen atoms in total. The average Bonchev–Trinajstić information content (AvgIpc) is 2.80. The highest BCUT2D eigenvalue weighted by Crippen LogP contribution is 2.14. The summed E-state index contributed by atoms with van der Waals surface area (Å²) in [5.41, 5.74) is 1.95. The van der Waals surface area contributed by atoms with Gasteiger partial charge < -0.3 is 19.0 Å². The number of nitrogens with one attached hydrogen (secondary N) is 1. The number of ether oxygens (including phenoxy) is 1. The molecule has 2 heterocycles. The highest BCUT2D eigenvalue weighted by atomic mass is 19.1. The van der Waals surface area contributed by atoms with Gasteiger partial charge in [0.2, 0.25) is 11.2 Å². The number of nitrogens with zero attached hydrogens (tertiary/aromatic N) is 1. The third kappa shape index (κ3) is 5.83. The van der Waals surface area contributed by atoms with E-state index in [0.717, 1.165) is 37.4 Å². The number of anilines is 1. The lowest BCUT2D eigenvalue weighted by molar-refractivity contribution is -0.915. The summed E-state index contributed by atoms with van der Waals surface area (Å²) in [6, 6.07) is 18.0. The monoisotopic (exact) mass is 421 g/mol. The second-order valence-electron chi connectivity index (χ2n) is 7.59. The van der Waals surface area contributed by atoms with Crippen molar-refractivity contribution in [2.75, 3.05) is 37.7 Å². The highest BCUT2D eigenvalue weighted by molar-refractivity contribution is 5.48. The molecule has 0 bridgehead atoms. The minimum atomic E-state index is -0.220. The van der Waals surface area contributed by atoms with Crippen molar-refractivity contribution in [2.45, 2.75) is 6.54 Å². The zero-order chi connectivity index (χ0) is 21.5. The molecule has 1 aliphatic rings. The maximum absolute atomic E-state index is 13.1. The molecule has 4 rings (SSSR count). The smallest absolute Gasteiger partial charge is 0.227 e. The Balaban J connectivity index is 1.26. The van der Waals surface area contributed by atoms with Crippen molar-refractivity contribution in [3.05, 3.63) is 100 Å². The molecule has 1 fully saturated rings. The summed E-state index contributed by atoms with van der Waals surface area (Å²) in [6.07, 6.45) is 5.22. The van der Waals surface area contributed by atoms with Crippen LogP contribution in [0.25, 0.3) is 6.08 Å². The first-order valence-electron chi connectivity index (χ1n) is 10.5. The molecule has 160 valence electrons. The molecular weight excluding hydrogens is 395 g/mol. The zero-order valence-corrected chi connectivity index (χ0v) is 17.3. The van der Waals surface area contributed by atoms with Crippen LogP contribution in [0.1, 0.15) is 11.3 Å². The van der Waals surface area contributed by atoms with Gasteiger partial charge in [0.1, 0.15) is 25.2 Å². The highest BCUT2D eigenvalue weighted by Gasteiger charge is 2.21. The molecule has 1 N–H and O–H groups in total. The van der Waals surface area contributed by atoms with Gasteiger partial charge in [-0.1, -0.05) is 36.4 Å².